The number of benzene rings is 1. The fraction of sp³-hybridized carbons (Fsp3) is 0.385. The highest BCUT2D eigenvalue weighted by atomic mass is 16.5. The van der Waals surface area contributed by atoms with Crippen LogP contribution in [0.4, 0.5) is 5.69 Å². The Hall–Kier alpha value is -1.92. The summed E-state index contributed by atoms with van der Waals surface area (Å²) in [6.07, 6.45) is 0.695. The molecule has 3 N–H and O–H groups in total. The van der Waals surface area contributed by atoms with Crippen LogP contribution in [0, 0.1) is 0 Å². The van der Waals surface area contributed by atoms with Gasteiger partial charge in [-0.05, 0) is 30.7 Å². The number of aromatic carboxylic acids is 1. The fourth-order valence-corrected chi connectivity index (χ4v) is 2.01. The fourth-order valence-electron chi connectivity index (χ4n) is 2.01. The van der Waals surface area contributed by atoms with E-state index in [0.29, 0.717) is 18.7 Å². The lowest BCUT2D eigenvalue weighted by molar-refractivity contribution is -0.118. The van der Waals surface area contributed by atoms with Crippen LogP contribution in [0.25, 0.3) is 0 Å². The highest BCUT2D eigenvalue weighted by molar-refractivity contribution is 5.95. The number of carboxylic acids is 1. The van der Waals surface area contributed by atoms with Crippen LogP contribution in [0.2, 0.25) is 0 Å². The molecule has 1 fully saturated rings. The van der Waals surface area contributed by atoms with Crippen molar-refractivity contribution in [2.75, 3.05) is 19.0 Å². The van der Waals surface area contributed by atoms with Crippen molar-refractivity contribution in [2.24, 2.45) is 0 Å². The van der Waals surface area contributed by atoms with Crippen molar-refractivity contribution in [1.82, 2.24) is 5.32 Å². The molecule has 6 heteroatoms. The summed E-state index contributed by atoms with van der Waals surface area (Å²) in [4.78, 5) is 22.7. The number of rotatable bonds is 4. The number of hydrogen-bond donors (Lipinski definition) is 3. The lowest BCUT2D eigenvalue weighted by atomic mass is 10.1. The quantitative estimate of drug-likeness (QED) is 0.745. The van der Waals surface area contributed by atoms with E-state index in [2.05, 4.69) is 10.6 Å². The summed E-state index contributed by atoms with van der Waals surface area (Å²) >= 11 is 0. The predicted octanol–water partition coefficient (Wildman–Crippen LogP) is 0.700. The first-order valence-corrected chi connectivity index (χ1v) is 6.00. The van der Waals surface area contributed by atoms with E-state index in [0.717, 1.165) is 0 Å². The molecule has 0 bridgehead atoms. The molecule has 0 radical (unpaired) electrons. The van der Waals surface area contributed by atoms with E-state index in [9.17, 15) is 9.59 Å². The Kier molecular flexibility index (Phi) is 4.13. The molecule has 1 aromatic rings. The lowest BCUT2D eigenvalue weighted by Crippen LogP contribution is -2.35. The topological polar surface area (TPSA) is 87.7 Å². The monoisotopic (exact) mass is 264 g/mol. The number of carboxylic acid groups (broad SMARTS) is 1. The zero-order valence-electron chi connectivity index (χ0n) is 10.6. The molecule has 1 saturated heterocycles. The largest absolute Gasteiger partial charge is 0.478 e. The zero-order chi connectivity index (χ0) is 13.8. The van der Waals surface area contributed by atoms with Crippen molar-refractivity contribution in [2.45, 2.75) is 18.6 Å². The van der Waals surface area contributed by atoms with Crippen LogP contribution in [0.15, 0.2) is 24.3 Å². The van der Waals surface area contributed by atoms with Crippen molar-refractivity contribution >= 4 is 17.6 Å². The van der Waals surface area contributed by atoms with Gasteiger partial charge in [0, 0.05) is 19.3 Å². The minimum Gasteiger partial charge on any atom is -0.478 e. The van der Waals surface area contributed by atoms with Crippen molar-refractivity contribution in [3.05, 3.63) is 29.8 Å². The molecule has 1 amide bonds. The standard InChI is InChI=1S/C13H16N2O4/c1-19-10-6-11(14-7-10)12(16)15-9-4-2-8(3-5-9)13(17)18/h2-5,10-11,14H,6-7H2,1H3,(H,15,16)(H,17,18)/t10-,11-/m1/s1. The van der Waals surface area contributed by atoms with Crippen LogP contribution < -0.4 is 10.6 Å². The van der Waals surface area contributed by atoms with Gasteiger partial charge in [0.1, 0.15) is 0 Å². The number of nitrogens with one attached hydrogen (secondary N) is 2. The van der Waals surface area contributed by atoms with Crippen LogP contribution >= 0.6 is 0 Å². The maximum Gasteiger partial charge on any atom is 0.335 e. The summed E-state index contributed by atoms with van der Waals surface area (Å²) in [5.74, 6) is -1.12. The van der Waals surface area contributed by atoms with E-state index in [1.165, 1.54) is 12.1 Å². The normalized spacial score (nSPS) is 22.2. The first-order chi connectivity index (χ1) is 9.10. The predicted molar refractivity (Wildman–Crippen MR) is 69.2 cm³/mol. The van der Waals surface area contributed by atoms with E-state index in [1.807, 2.05) is 0 Å². The molecule has 2 atom stereocenters. The molecule has 0 aromatic heterocycles. The summed E-state index contributed by atoms with van der Waals surface area (Å²) in [7, 11) is 1.62. The molecule has 1 aliphatic heterocycles. The highest BCUT2D eigenvalue weighted by Crippen LogP contribution is 2.14. The van der Waals surface area contributed by atoms with Crippen molar-refractivity contribution in [3.63, 3.8) is 0 Å². The van der Waals surface area contributed by atoms with Gasteiger partial charge in [0.2, 0.25) is 5.91 Å². The Morgan fingerprint density at radius 3 is 2.58 bits per heavy atom. The van der Waals surface area contributed by atoms with E-state index < -0.39 is 5.97 Å². The molecular weight excluding hydrogens is 248 g/mol. The molecule has 19 heavy (non-hydrogen) atoms. The number of anilines is 1. The third kappa shape index (κ3) is 3.30. The van der Waals surface area contributed by atoms with Gasteiger partial charge in [-0.1, -0.05) is 0 Å². The van der Waals surface area contributed by atoms with Crippen molar-refractivity contribution < 1.29 is 19.4 Å². The van der Waals surface area contributed by atoms with Gasteiger partial charge in [-0.2, -0.15) is 0 Å². The molecule has 6 nitrogen and oxygen atoms in total. The maximum absolute atomic E-state index is 11.9. The van der Waals surface area contributed by atoms with Crippen LogP contribution in [0.1, 0.15) is 16.8 Å². The second-order valence-corrected chi connectivity index (χ2v) is 4.43. The molecule has 1 aliphatic rings. The van der Waals surface area contributed by atoms with Crippen molar-refractivity contribution in [3.8, 4) is 0 Å². The van der Waals surface area contributed by atoms with Crippen LogP contribution in [0.5, 0.6) is 0 Å². The summed E-state index contributed by atoms with van der Waals surface area (Å²) in [6, 6.07) is 5.79. The van der Waals surface area contributed by atoms with Crippen LogP contribution in [0.3, 0.4) is 0 Å². The number of methoxy groups -OCH3 is 1. The number of hydrogen-bond acceptors (Lipinski definition) is 4. The number of carbonyl (C=O) groups is 2. The SMILES string of the molecule is CO[C@H]1CN[C@@H](C(=O)Nc2ccc(C(=O)O)cc2)C1. The molecule has 1 aromatic carbocycles. The number of carbonyl (C=O) groups excluding carboxylic acids is 1. The molecule has 2 rings (SSSR count). The molecule has 1 heterocycles. The van der Waals surface area contributed by atoms with Gasteiger partial charge in [0.05, 0.1) is 17.7 Å². The second kappa shape index (κ2) is 5.81. The zero-order valence-corrected chi connectivity index (χ0v) is 10.6. The molecule has 0 spiro atoms. The third-order valence-electron chi connectivity index (χ3n) is 3.14. The molecule has 0 unspecified atom stereocenters. The summed E-state index contributed by atoms with van der Waals surface area (Å²) in [5.41, 5.74) is 0.772. The van der Waals surface area contributed by atoms with Gasteiger partial charge in [0.25, 0.3) is 0 Å². The number of amides is 1. The summed E-state index contributed by atoms with van der Waals surface area (Å²) < 4.78 is 5.18. The first-order valence-electron chi connectivity index (χ1n) is 6.00. The summed E-state index contributed by atoms with van der Waals surface area (Å²) in [5, 5.41) is 14.6. The molecular formula is C13H16N2O4. The van der Waals surface area contributed by atoms with E-state index in [4.69, 9.17) is 9.84 Å². The average molecular weight is 264 g/mol. The molecule has 0 aliphatic carbocycles. The third-order valence-corrected chi connectivity index (χ3v) is 3.14. The minimum atomic E-state index is -0.988. The average Bonchev–Trinajstić information content (AvgIpc) is 2.88. The Labute approximate surface area is 110 Å². The van der Waals surface area contributed by atoms with E-state index in [1.54, 1.807) is 19.2 Å². The van der Waals surface area contributed by atoms with Gasteiger partial charge in [-0.15, -0.1) is 0 Å². The van der Waals surface area contributed by atoms with Gasteiger partial charge >= 0.3 is 5.97 Å². The smallest absolute Gasteiger partial charge is 0.335 e. The molecule has 0 saturated carbocycles. The van der Waals surface area contributed by atoms with Crippen molar-refractivity contribution in [1.29, 1.82) is 0 Å². The van der Waals surface area contributed by atoms with Crippen LogP contribution in [-0.4, -0.2) is 42.8 Å². The Morgan fingerprint density at radius 2 is 2.05 bits per heavy atom. The second-order valence-electron chi connectivity index (χ2n) is 4.43. The van der Waals surface area contributed by atoms with Crippen LogP contribution in [-0.2, 0) is 9.53 Å². The Bertz CT molecular complexity index is 472. The van der Waals surface area contributed by atoms with E-state index >= 15 is 0 Å². The number of ether oxygens (including phenoxy) is 1. The van der Waals surface area contributed by atoms with Gasteiger partial charge in [-0.25, -0.2) is 4.79 Å². The van der Waals surface area contributed by atoms with E-state index in [-0.39, 0.29) is 23.6 Å². The first kappa shape index (κ1) is 13.5. The lowest BCUT2D eigenvalue weighted by Gasteiger charge is -2.11. The Morgan fingerprint density at radius 1 is 1.37 bits per heavy atom. The highest BCUT2D eigenvalue weighted by Gasteiger charge is 2.29. The maximum atomic E-state index is 11.9. The van der Waals surface area contributed by atoms with Gasteiger partial charge in [0.15, 0.2) is 0 Å². The minimum absolute atomic E-state index is 0.0603. The Balaban J connectivity index is 1.94. The van der Waals surface area contributed by atoms with Gasteiger partial charge < -0.3 is 20.5 Å². The summed E-state index contributed by atoms with van der Waals surface area (Å²) in [6.45, 7) is 0.659. The molecule has 102 valence electrons. The van der Waals surface area contributed by atoms with Gasteiger partial charge in [-0.3, -0.25) is 4.79 Å².